The Hall–Kier alpha value is -2.68. The van der Waals surface area contributed by atoms with Crippen LogP contribution in [-0.2, 0) is 21.2 Å². The first kappa shape index (κ1) is 20.2. The number of rotatable bonds is 2. The molecular formula is C23H25N3O4S. The van der Waals surface area contributed by atoms with Gasteiger partial charge in [0, 0.05) is 54.2 Å². The number of amides is 1. The number of aromatic amines is 1. The lowest BCUT2D eigenvalue weighted by molar-refractivity contribution is -0.00335. The molecule has 2 aliphatic rings. The Morgan fingerprint density at radius 2 is 1.94 bits per heavy atom. The van der Waals surface area contributed by atoms with Crippen LogP contribution < -0.4 is 4.74 Å². The van der Waals surface area contributed by atoms with E-state index in [1.54, 1.807) is 0 Å². The number of para-hydroxylation sites is 1. The predicted octanol–water partition coefficient (Wildman–Crippen LogP) is 3.21. The van der Waals surface area contributed by atoms with E-state index in [4.69, 9.17) is 4.74 Å². The minimum atomic E-state index is -3.39. The van der Waals surface area contributed by atoms with Crippen LogP contribution in [0.25, 0.3) is 10.9 Å². The Morgan fingerprint density at radius 1 is 1.16 bits per heavy atom. The zero-order valence-electron chi connectivity index (χ0n) is 17.4. The van der Waals surface area contributed by atoms with E-state index < -0.39 is 16.0 Å². The van der Waals surface area contributed by atoms with Gasteiger partial charge in [0.1, 0.15) is 28.0 Å². The number of sulfonamides is 1. The summed E-state index contributed by atoms with van der Waals surface area (Å²) >= 11 is 0. The molecule has 1 amide bonds. The molecule has 5 rings (SSSR count). The van der Waals surface area contributed by atoms with Crippen LogP contribution in [-0.4, -0.2) is 56.1 Å². The van der Waals surface area contributed by atoms with Gasteiger partial charge >= 0.3 is 0 Å². The summed E-state index contributed by atoms with van der Waals surface area (Å²) in [6, 6.07) is 15.2. The lowest BCUT2D eigenvalue weighted by Crippen LogP contribution is -2.55. The minimum absolute atomic E-state index is 0.00746. The SMILES string of the molecule is C[S+](=O)([O-])N1Cc2ccccc2OC2(CCN(C(=O)c3ccc4[nH]ccc4c3)CC2)C1. The standard InChI is InChI=1S/C23H25N3O4S/c1-31(28,29)26-15-19-4-2-3-5-21(19)30-23(16-26)9-12-25(13-10-23)22(27)18-6-7-20-17(14-18)8-11-24-20/h2-8,11,14H,9-10,12-13,15-16H2,1H3,(H-,24,27,28,29). The van der Waals surface area contributed by atoms with Crippen molar-refractivity contribution in [2.24, 2.45) is 0 Å². The van der Waals surface area contributed by atoms with Crippen LogP contribution in [0.3, 0.4) is 0 Å². The Kier molecular flexibility index (Phi) is 4.88. The van der Waals surface area contributed by atoms with Crippen LogP contribution in [0.5, 0.6) is 5.75 Å². The van der Waals surface area contributed by atoms with Gasteiger partial charge in [0.2, 0.25) is 0 Å². The molecule has 0 bridgehead atoms. The summed E-state index contributed by atoms with van der Waals surface area (Å²) < 4.78 is 32.8. The zero-order chi connectivity index (χ0) is 21.6. The number of carbonyl (C=O) groups is 1. The number of nitrogens with one attached hydrogen (secondary N) is 1. The molecule has 1 N–H and O–H groups in total. The molecule has 0 aliphatic carbocycles. The molecule has 1 aromatic heterocycles. The summed E-state index contributed by atoms with van der Waals surface area (Å²) in [5, 5.41) is 1.01. The highest BCUT2D eigenvalue weighted by Gasteiger charge is 2.45. The Morgan fingerprint density at radius 3 is 2.71 bits per heavy atom. The van der Waals surface area contributed by atoms with E-state index >= 15 is 0 Å². The van der Waals surface area contributed by atoms with Crippen molar-refractivity contribution in [2.45, 2.75) is 25.0 Å². The van der Waals surface area contributed by atoms with Gasteiger partial charge in [0.15, 0.2) is 0 Å². The Labute approximate surface area is 182 Å². The van der Waals surface area contributed by atoms with E-state index in [1.165, 1.54) is 10.6 Å². The summed E-state index contributed by atoms with van der Waals surface area (Å²) in [6.07, 6.45) is 4.25. The van der Waals surface area contributed by atoms with E-state index in [0.717, 1.165) is 22.2 Å². The molecule has 1 atom stereocenters. The van der Waals surface area contributed by atoms with Gasteiger partial charge < -0.3 is 19.2 Å². The molecule has 31 heavy (non-hydrogen) atoms. The second kappa shape index (κ2) is 7.47. The molecule has 2 aliphatic heterocycles. The van der Waals surface area contributed by atoms with Crippen LogP contribution in [0.1, 0.15) is 28.8 Å². The number of nitrogens with zero attached hydrogens (tertiary/aromatic N) is 2. The highest BCUT2D eigenvalue weighted by molar-refractivity contribution is 7.94. The number of hydrogen-bond acceptors (Lipinski definition) is 4. The average molecular weight is 440 g/mol. The van der Waals surface area contributed by atoms with Crippen molar-refractivity contribution in [3.05, 3.63) is 65.9 Å². The number of H-pyrrole nitrogens is 1. The molecule has 1 saturated heterocycles. The monoisotopic (exact) mass is 439 g/mol. The molecular weight excluding hydrogens is 414 g/mol. The number of hydrogen-bond donors (Lipinski definition) is 1. The summed E-state index contributed by atoms with van der Waals surface area (Å²) in [7, 11) is -3.39. The van der Waals surface area contributed by atoms with Crippen LogP contribution in [0.4, 0.5) is 0 Å². The second-order valence-electron chi connectivity index (χ2n) is 8.50. The normalized spacial score (nSPS) is 20.6. The number of benzene rings is 2. The van der Waals surface area contributed by atoms with Crippen molar-refractivity contribution >= 4 is 27.2 Å². The van der Waals surface area contributed by atoms with Gasteiger partial charge in [-0.25, -0.2) is 0 Å². The molecule has 1 spiro atoms. The van der Waals surface area contributed by atoms with Crippen molar-refractivity contribution in [3.63, 3.8) is 0 Å². The zero-order valence-corrected chi connectivity index (χ0v) is 18.2. The first-order valence-corrected chi connectivity index (χ1v) is 12.3. The highest BCUT2D eigenvalue weighted by Crippen LogP contribution is 2.37. The maximum absolute atomic E-state index is 13.1. The number of fused-ring (bicyclic) bond motifs is 2. The molecule has 8 heteroatoms. The van der Waals surface area contributed by atoms with Crippen molar-refractivity contribution in [2.75, 3.05) is 25.9 Å². The maximum atomic E-state index is 13.1. The average Bonchev–Trinajstić information content (AvgIpc) is 3.15. The number of ether oxygens (including phenoxy) is 1. The molecule has 7 nitrogen and oxygen atoms in total. The summed E-state index contributed by atoms with van der Waals surface area (Å²) in [5.41, 5.74) is 1.88. The summed E-state index contributed by atoms with van der Waals surface area (Å²) in [6.45, 7) is 1.63. The Bertz CT molecular complexity index is 1180. The number of likely N-dealkylation sites (tertiary alicyclic amines) is 1. The minimum Gasteiger partial charge on any atom is -0.598 e. The fourth-order valence-electron chi connectivity index (χ4n) is 4.55. The van der Waals surface area contributed by atoms with Gasteiger partial charge in [-0.2, -0.15) is 0 Å². The fraction of sp³-hybridized carbons (Fsp3) is 0.348. The lowest BCUT2D eigenvalue weighted by atomic mass is 9.90. The molecule has 0 saturated carbocycles. The lowest BCUT2D eigenvalue weighted by Gasteiger charge is -2.42. The van der Waals surface area contributed by atoms with E-state index in [9.17, 15) is 13.6 Å². The first-order chi connectivity index (χ1) is 14.8. The molecule has 1 fully saturated rings. The molecule has 162 valence electrons. The van der Waals surface area contributed by atoms with E-state index in [0.29, 0.717) is 38.0 Å². The van der Waals surface area contributed by atoms with Crippen molar-refractivity contribution in [1.82, 2.24) is 14.2 Å². The van der Waals surface area contributed by atoms with Crippen molar-refractivity contribution in [3.8, 4) is 5.75 Å². The third-order valence-corrected chi connectivity index (χ3v) is 7.54. The third kappa shape index (κ3) is 3.86. The highest BCUT2D eigenvalue weighted by atomic mass is 32.3. The van der Waals surface area contributed by atoms with Crippen molar-refractivity contribution < 1.29 is 18.3 Å². The van der Waals surface area contributed by atoms with Gasteiger partial charge in [-0.3, -0.25) is 4.79 Å². The number of carbonyl (C=O) groups excluding carboxylic acids is 1. The Balaban J connectivity index is 1.37. The predicted molar refractivity (Wildman–Crippen MR) is 118 cm³/mol. The van der Waals surface area contributed by atoms with Crippen molar-refractivity contribution in [1.29, 1.82) is 0 Å². The summed E-state index contributed by atoms with van der Waals surface area (Å²) in [4.78, 5) is 18.1. The van der Waals surface area contributed by atoms with Crippen LogP contribution >= 0.6 is 0 Å². The van der Waals surface area contributed by atoms with Crippen LogP contribution in [0.2, 0.25) is 0 Å². The quantitative estimate of drug-likeness (QED) is 0.621. The molecule has 1 unspecified atom stereocenters. The van der Waals surface area contributed by atoms with Crippen LogP contribution in [0, 0.1) is 0 Å². The first-order valence-electron chi connectivity index (χ1n) is 10.4. The van der Waals surface area contributed by atoms with Gasteiger partial charge in [-0.15, -0.1) is 4.31 Å². The number of piperidine rings is 1. The fourth-order valence-corrected chi connectivity index (χ4v) is 5.39. The smallest absolute Gasteiger partial charge is 0.253 e. The largest absolute Gasteiger partial charge is 0.598 e. The van der Waals surface area contributed by atoms with E-state index in [1.807, 2.05) is 59.6 Å². The van der Waals surface area contributed by atoms with E-state index in [-0.39, 0.29) is 12.5 Å². The third-order valence-electron chi connectivity index (χ3n) is 6.34. The molecule has 3 aromatic rings. The van der Waals surface area contributed by atoms with Crippen LogP contribution in [0.15, 0.2) is 54.7 Å². The maximum Gasteiger partial charge on any atom is 0.253 e. The topological polar surface area (TPSA) is 88.7 Å². The van der Waals surface area contributed by atoms with Gasteiger partial charge in [0.25, 0.3) is 5.91 Å². The number of aromatic nitrogens is 1. The second-order valence-corrected chi connectivity index (χ2v) is 10.5. The molecule has 2 aromatic carbocycles. The summed E-state index contributed by atoms with van der Waals surface area (Å²) in [5.74, 6) is 0.721. The van der Waals surface area contributed by atoms with Gasteiger partial charge in [-0.1, -0.05) is 22.4 Å². The van der Waals surface area contributed by atoms with E-state index in [2.05, 4.69) is 4.98 Å². The molecule has 0 radical (unpaired) electrons. The van der Waals surface area contributed by atoms with Gasteiger partial charge in [-0.05, 0) is 30.3 Å². The van der Waals surface area contributed by atoms with Gasteiger partial charge in [0.05, 0.1) is 13.1 Å². The molecule has 3 heterocycles.